The lowest BCUT2D eigenvalue weighted by molar-refractivity contribution is 0.107. The summed E-state index contributed by atoms with van der Waals surface area (Å²) in [5.41, 5.74) is 2.60. The molecule has 2 rings (SSSR count). The topological polar surface area (TPSA) is 45.9 Å². The lowest BCUT2D eigenvalue weighted by atomic mass is 10.1. The number of hydrogen-bond donors (Lipinski definition) is 0. The van der Waals surface area contributed by atoms with Gasteiger partial charge in [0.2, 0.25) is 0 Å². The fourth-order valence-corrected chi connectivity index (χ4v) is 1.30. The number of ether oxygens (including phenoxy) is 1. The van der Waals surface area contributed by atoms with Crippen molar-refractivity contribution < 1.29 is 4.74 Å². The first-order valence-electron chi connectivity index (χ1n) is 3.87. The second-order valence-corrected chi connectivity index (χ2v) is 2.72. The van der Waals surface area contributed by atoms with E-state index in [-0.39, 0.29) is 0 Å². The normalized spacial score (nSPS) is 14.9. The van der Waals surface area contributed by atoms with Crippen molar-refractivity contribution in [2.45, 2.75) is 13.0 Å². The highest BCUT2D eigenvalue weighted by Gasteiger charge is 2.10. The molecule has 0 aliphatic carbocycles. The molecule has 3 nitrogen and oxygen atoms in total. The Morgan fingerprint density at radius 2 is 2.42 bits per heavy atom. The van der Waals surface area contributed by atoms with Gasteiger partial charge in [-0.05, 0) is 18.1 Å². The zero-order chi connectivity index (χ0) is 8.39. The lowest BCUT2D eigenvalue weighted by Gasteiger charge is -2.14. The number of rotatable bonds is 0. The van der Waals surface area contributed by atoms with E-state index in [9.17, 15) is 0 Å². The summed E-state index contributed by atoms with van der Waals surface area (Å²) in [5, 5.41) is 8.59. The number of aromatic nitrogens is 1. The molecule has 0 N–H and O–H groups in total. The average molecular weight is 160 g/mol. The summed E-state index contributed by atoms with van der Waals surface area (Å²) in [6, 6.07) is 5.73. The molecular formula is C9H8N2O. The van der Waals surface area contributed by atoms with E-state index in [4.69, 9.17) is 10.00 Å². The van der Waals surface area contributed by atoms with Gasteiger partial charge in [-0.15, -0.1) is 0 Å². The largest absolute Gasteiger partial charge is 0.375 e. The summed E-state index contributed by atoms with van der Waals surface area (Å²) >= 11 is 0. The van der Waals surface area contributed by atoms with Gasteiger partial charge in [-0.25, -0.2) is 4.98 Å². The Hall–Kier alpha value is -1.40. The van der Waals surface area contributed by atoms with E-state index in [0.717, 1.165) is 18.7 Å². The molecule has 1 aromatic heterocycles. The van der Waals surface area contributed by atoms with E-state index < -0.39 is 0 Å². The third-order valence-corrected chi connectivity index (χ3v) is 1.94. The molecule has 0 spiro atoms. The Kier molecular flexibility index (Phi) is 1.77. The predicted molar refractivity (Wildman–Crippen MR) is 42.3 cm³/mol. The highest BCUT2D eigenvalue weighted by atomic mass is 16.5. The van der Waals surface area contributed by atoms with Crippen LogP contribution in [-0.4, -0.2) is 11.6 Å². The summed E-state index contributed by atoms with van der Waals surface area (Å²) in [7, 11) is 0. The molecule has 60 valence electrons. The molecule has 3 heteroatoms. The van der Waals surface area contributed by atoms with Crippen molar-refractivity contribution >= 4 is 0 Å². The Morgan fingerprint density at radius 1 is 1.50 bits per heavy atom. The molecule has 2 heterocycles. The Bertz CT molecular complexity index is 341. The number of hydrogen-bond acceptors (Lipinski definition) is 3. The minimum Gasteiger partial charge on any atom is -0.375 e. The predicted octanol–water partition coefficient (Wildman–Crippen LogP) is 1.03. The summed E-state index contributed by atoms with van der Waals surface area (Å²) in [4.78, 5) is 4.15. The van der Waals surface area contributed by atoms with Crippen LogP contribution >= 0.6 is 0 Å². The molecule has 0 aromatic carbocycles. The van der Waals surface area contributed by atoms with E-state index in [0.29, 0.717) is 12.3 Å². The molecule has 0 bridgehead atoms. The summed E-state index contributed by atoms with van der Waals surface area (Å²) < 4.78 is 5.22. The minimum absolute atomic E-state index is 0.472. The van der Waals surface area contributed by atoms with Crippen molar-refractivity contribution in [1.82, 2.24) is 4.98 Å². The summed E-state index contributed by atoms with van der Waals surface area (Å²) in [6.07, 6.45) is 0.911. The zero-order valence-corrected chi connectivity index (χ0v) is 6.58. The van der Waals surface area contributed by atoms with E-state index in [1.807, 2.05) is 12.1 Å². The van der Waals surface area contributed by atoms with Crippen LogP contribution in [0.1, 0.15) is 17.0 Å². The van der Waals surface area contributed by atoms with Gasteiger partial charge in [0.1, 0.15) is 11.8 Å². The second kappa shape index (κ2) is 2.92. The van der Waals surface area contributed by atoms with E-state index in [2.05, 4.69) is 4.98 Å². The van der Waals surface area contributed by atoms with Gasteiger partial charge in [-0.3, -0.25) is 0 Å². The maximum absolute atomic E-state index is 8.59. The molecule has 0 unspecified atom stereocenters. The van der Waals surface area contributed by atoms with Crippen molar-refractivity contribution in [3.63, 3.8) is 0 Å². The van der Waals surface area contributed by atoms with Crippen molar-refractivity contribution in [3.05, 3.63) is 29.1 Å². The first-order chi connectivity index (χ1) is 5.90. The van der Waals surface area contributed by atoms with Crippen LogP contribution in [-0.2, 0) is 17.8 Å². The fraction of sp³-hybridized carbons (Fsp3) is 0.333. The Balaban J connectivity index is 2.44. The van der Waals surface area contributed by atoms with Crippen LogP contribution in [0.4, 0.5) is 0 Å². The van der Waals surface area contributed by atoms with Gasteiger partial charge in [0.05, 0.1) is 18.9 Å². The number of pyridine rings is 1. The highest BCUT2D eigenvalue weighted by Crippen LogP contribution is 2.14. The van der Waals surface area contributed by atoms with Gasteiger partial charge >= 0.3 is 0 Å². The van der Waals surface area contributed by atoms with Crippen LogP contribution in [0, 0.1) is 11.3 Å². The quantitative estimate of drug-likeness (QED) is 0.569. The van der Waals surface area contributed by atoms with Crippen molar-refractivity contribution in [2.75, 3.05) is 6.61 Å². The van der Waals surface area contributed by atoms with E-state index >= 15 is 0 Å². The van der Waals surface area contributed by atoms with Crippen LogP contribution in [0.5, 0.6) is 0 Å². The zero-order valence-electron chi connectivity index (χ0n) is 6.58. The maximum atomic E-state index is 8.59. The van der Waals surface area contributed by atoms with Crippen LogP contribution in [0.15, 0.2) is 12.1 Å². The molecular weight excluding hydrogens is 152 g/mol. The Labute approximate surface area is 70.6 Å². The number of fused-ring (bicyclic) bond motifs is 1. The third kappa shape index (κ3) is 1.17. The SMILES string of the molecule is N#Cc1ccc2c(n1)COCC2. The first kappa shape index (κ1) is 7.26. The van der Waals surface area contributed by atoms with E-state index in [1.165, 1.54) is 5.56 Å². The van der Waals surface area contributed by atoms with Crippen LogP contribution in [0.25, 0.3) is 0 Å². The van der Waals surface area contributed by atoms with Gasteiger partial charge in [0.25, 0.3) is 0 Å². The third-order valence-electron chi connectivity index (χ3n) is 1.94. The van der Waals surface area contributed by atoms with Crippen LogP contribution in [0.2, 0.25) is 0 Å². The van der Waals surface area contributed by atoms with Gasteiger partial charge < -0.3 is 4.74 Å². The molecule has 0 radical (unpaired) electrons. The smallest absolute Gasteiger partial charge is 0.140 e. The minimum atomic E-state index is 0.472. The van der Waals surface area contributed by atoms with Crippen LogP contribution in [0.3, 0.4) is 0 Å². The molecule has 1 aromatic rings. The van der Waals surface area contributed by atoms with E-state index in [1.54, 1.807) is 6.07 Å². The number of nitrogens with zero attached hydrogens (tertiary/aromatic N) is 2. The summed E-state index contributed by atoms with van der Waals surface area (Å²) in [5.74, 6) is 0. The Morgan fingerprint density at radius 3 is 3.25 bits per heavy atom. The van der Waals surface area contributed by atoms with Gasteiger partial charge in [-0.1, -0.05) is 6.07 Å². The fourth-order valence-electron chi connectivity index (χ4n) is 1.30. The molecule has 12 heavy (non-hydrogen) atoms. The molecule has 1 aliphatic rings. The average Bonchev–Trinajstić information content (AvgIpc) is 2.17. The van der Waals surface area contributed by atoms with Crippen LogP contribution < -0.4 is 0 Å². The molecule has 1 aliphatic heterocycles. The first-order valence-corrected chi connectivity index (χ1v) is 3.87. The van der Waals surface area contributed by atoms with Gasteiger partial charge in [0.15, 0.2) is 0 Å². The molecule has 0 saturated carbocycles. The maximum Gasteiger partial charge on any atom is 0.140 e. The standard InChI is InChI=1S/C9H8N2O/c10-5-8-2-1-7-3-4-12-6-9(7)11-8/h1-2H,3-4,6H2. The van der Waals surface area contributed by atoms with Gasteiger partial charge in [-0.2, -0.15) is 5.26 Å². The summed E-state index contributed by atoms with van der Waals surface area (Å²) in [6.45, 7) is 1.31. The molecule has 0 saturated heterocycles. The lowest BCUT2D eigenvalue weighted by Crippen LogP contribution is -2.11. The van der Waals surface area contributed by atoms with Crippen molar-refractivity contribution in [3.8, 4) is 6.07 Å². The number of nitriles is 1. The monoisotopic (exact) mass is 160 g/mol. The molecule has 0 amide bonds. The van der Waals surface area contributed by atoms with Crippen molar-refractivity contribution in [1.29, 1.82) is 5.26 Å². The highest BCUT2D eigenvalue weighted by molar-refractivity contribution is 5.29. The van der Waals surface area contributed by atoms with Gasteiger partial charge in [0, 0.05) is 0 Å². The van der Waals surface area contributed by atoms with Crippen molar-refractivity contribution in [2.24, 2.45) is 0 Å². The molecule has 0 atom stereocenters. The molecule has 0 fully saturated rings. The second-order valence-electron chi connectivity index (χ2n) is 2.72.